The fourth-order valence-electron chi connectivity index (χ4n) is 0.537. The van der Waals surface area contributed by atoms with Crippen LogP contribution in [0.4, 0.5) is 5.88 Å². The number of oxazole rings is 1. The van der Waals surface area contributed by atoms with Gasteiger partial charge in [-0.2, -0.15) is 0 Å². The van der Waals surface area contributed by atoms with E-state index >= 15 is 0 Å². The molecule has 5 nitrogen and oxygen atoms in total. The molecule has 0 fully saturated rings. The molecule has 0 atom stereocenters. The van der Waals surface area contributed by atoms with Gasteiger partial charge in [-0.1, -0.05) is 6.92 Å². The fraction of sp³-hybridized carbons (Fsp3) is 0.400. The van der Waals surface area contributed by atoms with Gasteiger partial charge in [-0.15, -0.1) is 0 Å². The molecule has 0 bridgehead atoms. The molecular formula is C5H8N2O3S. The predicted molar refractivity (Wildman–Crippen MR) is 38.6 cm³/mol. The minimum Gasteiger partial charge on any atom is -0.412 e. The molecule has 0 spiro atoms. The number of hydrogen-bond donors (Lipinski definition) is 1. The van der Waals surface area contributed by atoms with Crippen molar-refractivity contribution in [1.29, 1.82) is 0 Å². The van der Waals surface area contributed by atoms with Crippen LogP contribution in [0.1, 0.15) is 6.92 Å². The number of nitrogen functional groups attached to an aromatic ring is 1. The van der Waals surface area contributed by atoms with E-state index in [0.717, 1.165) is 0 Å². The molecule has 0 aliphatic rings. The molecule has 0 aliphatic heterocycles. The van der Waals surface area contributed by atoms with Gasteiger partial charge < -0.3 is 10.2 Å². The third kappa shape index (κ3) is 1.51. The highest BCUT2D eigenvalue weighted by Gasteiger charge is 2.17. The Kier molecular flexibility index (Phi) is 1.86. The Morgan fingerprint density at radius 1 is 1.73 bits per heavy atom. The number of rotatable bonds is 2. The van der Waals surface area contributed by atoms with Crippen LogP contribution in [0.2, 0.25) is 0 Å². The summed E-state index contributed by atoms with van der Waals surface area (Å²) in [6, 6.07) is 0. The lowest BCUT2D eigenvalue weighted by Crippen LogP contribution is -2.03. The van der Waals surface area contributed by atoms with Gasteiger partial charge in [0.25, 0.3) is 0 Å². The molecule has 1 aromatic heterocycles. The molecule has 0 amide bonds. The normalized spacial score (nSPS) is 11.7. The monoisotopic (exact) mass is 176 g/mol. The molecule has 0 unspecified atom stereocenters. The van der Waals surface area contributed by atoms with Crippen molar-refractivity contribution in [2.45, 2.75) is 12.1 Å². The minimum atomic E-state index is -3.34. The van der Waals surface area contributed by atoms with E-state index in [4.69, 9.17) is 5.73 Å². The van der Waals surface area contributed by atoms with E-state index in [-0.39, 0.29) is 16.9 Å². The van der Waals surface area contributed by atoms with Gasteiger partial charge in [-0.25, -0.2) is 13.4 Å². The third-order valence-corrected chi connectivity index (χ3v) is 2.63. The molecule has 0 saturated heterocycles. The summed E-state index contributed by atoms with van der Waals surface area (Å²) in [5.74, 6) is -0.0236. The zero-order valence-corrected chi connectivity index (χ0v) is 6.76. The van der Waals surface area contributed by atoms with Crippen LogP contribution in [0.25, 0.3) is 0 Å². The molecule has 0 radical (unpaired) electrons. The largest absolute Gasteiger partial charge is 0.412 e. The number of nitrogens with two attached hydrogens (primary N) is 1. The van der Waals surface area contributed by atoms with Gasteiger partial charge in [0, 0.05) is 0 Å². The van der Waals surface area contributed by atoms with Crippen molar-refractivity contribution >= 4 is 15.7 Å². The summed E-state index contributed by atoms with van der Waals surface area (Å²) >= 11 is 0. The summed E-state index contributed by atoms with van der Waals surface area (Å²) in [7, 11) is -3.34. The standard InChI is InChI=1S/C5H8N2O3S/c1-2-11(8,9)5-7-3-4(6)10-5/h3H,2,6H2,1H3. The zero-order valence-electron chi connectivity index (χ0n) is 5.94. The first-order valence-electron chi connectivity index (χ1n) is 3.00. The van der Waals surface area contributed by atoms with E-state index in [2.05, 4.69) is 9.40 Å². The summed E-state index contributed by atoms with van der Waals surface area (Å²) in [6.07, 6.45) is 1.17. The van der Waals surface area contributed by atoms with Gasteiger partial charge >= 0.3 is 5.22 Å². The Bertz CT molecular complexity index is 340. The van der Waals surface area contributed by atoms with Gasteiger partial charge in [-0.3, -0.25) is 0 Å². The molecule has 0 aliphatic carbocycles. The zero-order chi connectivity index (χ0) is 8.48. The molecule has 6 heteroatoms. The van der Waals surface area contributed by atoms with E-state index in [9.17, 15) is 8.42 Å². The lowest BCUT2D eigenvalue weighted by Gasteiger charge is -1.91. The molecule has 62 valence electrons. The first-order valence-corrected chi connectivity index (χ1v) is 4.65. The molecule has 1 aromatic rings. The Morgan fingerprint density at radius 3 is 2.73 bits per heavy atom. The number of aromatic nitrogens is 1. The Hall–Kier alpha value is -1.04. The smallest absolute Gasteiger partial charge is 0.316 e. The molecule has 1 heterocycles. The summed E-state index contributed by atoms with van der Waals surface area (Å²) < 4.78 is 26.6. The average molecular weight is 176 g/mol. The van der Waals surface area contributed by atoms with Crippen molar-refractivity contribution < 1.29 is 12.8 Å². The van der Waals surface area contributed by atoms with Crippen molar-refractivity contribution in [3.63, 3.8) is 0 Å². The van der Waals surface area contributed by atoms with Crippen molar-refractivity contribution in [3.05, 3.63) is 6.20 Å². The van der Waals surface area contributed by atoms with Crippen LogP contribution in [-0.4, -0.2) is 19.2 Å². The highest BCUT2D eigenvalue weighted by molar-refractivity contribution is 7.91. The second-order valence-corrected chi connectivity index (χ2v) is 4.09. The van der Waals surface area contributed by atoms with E-state index < -0.39 is 9.84 Å². The summed E-state index contributed by atoms with van der Waals surface area (Å²) in [5.41, 5.74) is 5.14. The Morgan fingerprint density at radius 2 is 2.36 bits per heavy atom. The maximum Gasteiger partial charge on any atom is 0.316 e. The second-order valence-electron chi connectivity index (χ2n) is 1.93. The van der Waals surface area contributed by atoms with Crippen LogP contribution in [0.5, 0.6) is 0 Å². The van der Waals surface area contributed by atoms with Gasteiger partial charge in [0.15, 0.2) is 0 Å². The fourth-order valence-corrected chi connectivity index (χ4v) is 1.22. The highest BCUT2D eigenvalue weighted by atomic mass is 32.2. The Labute approximate surface area is 64.1 Å². The van der Waals surface area contributed by atoms with Crippen molar-refractivity contribution in [1.82, 2.24) is 4.98 Å². The summed E-state index contributed by atoms with van der Waals surface area (Å²) in [5, 5.41) is -0.308. The van der Waals surface area contributed by atoms with Crippen LogP contribution < -0.4 is 5.73 Å². The van der Waals surface area contributed by atoms with Crippen LogP contribution in [0.3, 0.4) is 0 Å². The van der Waals surface area contributed by atoms with E-state index in [1.54, 1.807) is 0 Å². The van der Waals surface area contributed by atoms with Crippen LogP contribution in [0.15, 0.2) is 15.8 Å². The molecule has 0 aromatic carbocycles. The van der Waals surface area contributed by atoms with Gasteiger partial charge in [0.1, 0.15) is 0 Å². The highest BCUT2D eigenvalue weighted by Crippen LogP contribution is 2.11. The molecule has 2 N–H and O–H groups in total. The first kappa shape index (κ1) is 8.06. The van der Waals surface area contributed by atoms with Gasteiger partial charge in [0.2, 0.25) is 15.7 Å². The predicted octanol–water partition coefficient (Wildman–Crippen LogP) is 0.0504. The van der Waals surface area contributed by atoms with E-state index in [0.29, 0.717) is 0 Å². The quantitative estimate of drug-likeness (QED) is 0.688. The second kappa shape index (κ2) is 2.54. The first-order chi connectivity index (χ1) is 5.06. The number of sulfone groups is 1. The maximum atomic E-state index is 11.0. The summed E-state index contributed by atoms with van der Waals surface area (Å²) in [6.45, 7) is 1.51. The van der Waals surface area contributed by atoms with E-state index in [1.807, 2.05) is 0 Å². The molecular weight excluding hydrogens is 168 g/mol. The van der Waals surface area contributed by atoms with Crippen LogP contribution >= 0.6 is 0 Å². The topological polar surface area (TPSA) is 86.2 Å². The van der Waals surface area contributed by atoms with Gasteiger partial charge in [-0.05, 0) is 0 Å². The molecule has 1 rings (SSSR count). The SMILES string of the molecule is CCS(=O)(=O)c1ncc(N)o1. The van der Waals surface area contributed by atoms with Crippen molar-refractivity contribution in [2.24, 2.45) is 0 Å². The van der Waals surface area contributed by atoms with Crippen LogP contribution in [0, 0.1) is 0 Å². The lowest BCUT2D eigenvalue weighted by atomic mass is 10.9. The summed E-state index contributed by atoms with van der Waals surface area (Å²) in [4.78, 5) is 3.48. The maximum absolute atomic E-state index is 11.0. The third-order valence-electron chi connectivity index (χ3n) is 1.15. The lowest BCUT2D eigenvalue weighted by molar-refractivity contribution is 0.444. The average Bonchev–Trinajstić information content (AvgIpc) is 2.36. The van der Waals surface area contributed by atoms with E-state index in [1.165, 1.54) is 13.1 Å². The number of nitrogens with zero attached hydrogens (tertiary/aromatic N) is 1. The van der Waals surface area contributed by atoms with Crippen molar-refractivity contribution in [2.75, 3.05) is 11.5 Å². The Balaban J connectivity index is 3.13. The minimum absolute atomic E-state index is 0.0111. The van der Waals surface area contributed by atoms with Crippen molar-refractivity contribution in [3.8, 4) is 0 Å². The number of anilines is 1. The molecule has 11 heavy (non-hydrogen) atoms. The molecule has 0 saturated carbocycles. The number of hydrogen-bond acceptors (Lipinski definition) is 5. The van der Waals surface area contributed by atoms with Crippen LogP contribution in [-0.2, 0) is 9.84 Å². The van der Waals surface area contributed by atoms with Gasteiger partial charge in [0.05, 0.1) is 11.9 Å².